The Morgan fingerprint density at radius 2 is 1.46 bits per heavy atom. The predicted molar refractivity (Wildman–Crippen MR) is 137 cm³/mol. The van der Waals surface area contributed by atoms with Gasteiger partial charge in [-0.2, -0.15) is 0 Å². The van der Waals surface area contributed by atoms with Crippen molar-refractivity contribution < 1.29 is 23.9 Å². The molecule has 3 amide bonds. The summed E-state index contributed by atoms with van der Waals surface area (Å²) in [7, 11) is 1.31. The minimum atomic E-state index is -0.452. The molecule has 0 radical (unpaired) electrons. The molecule has 0 aromatic heterocycles. The number of anilines is 2. The van der Waals surface area contributed by atoms with Crippen LogP contribution in [-0.2, 0) is 14.3 Å². The molecule has 5 atom stereocenters. The third kappa shape index (κ3) is 3.82. The van der Waals surface area contributed by atoms with Gasteiger partial charge in [0.2, 0.25) is 11.8 Å². The molecule has 7 heteroatoms. The van der Waals surface area contributed by atoms with Crippen molar-refractivity contribution in [2.24, 2.45) is 23.7 Å². The maximum atomic E-state index is 13.5. The van der Waals surface area contributed by atoms with Gasteiger partial charge in [-0.25, -0.2) is 4.79 Å². The van der Waals surface area contributed by atoms with Crippen molar-refractivity contribution in [3.05, 3.63) is 95.6 Å². The summed E-state index contributed by atoms with van der Waals surface area (Å²) in [6.07, 6.45) is 1.88. The molecule has 1 saturated heterocycles. The van der Waals surface area contributed by atoms with Crippen LogP contribution in [0.3, 0.4) is 0 Å². The van der Waals surface area contributed by atoms with E-state index in [1.807, 2.05) is 18.2 Å². The molecule has 3 aromatic rings. The van der Waals surface area contributed by atoms with Gasteiger partial charge in [-0.3, -0.25) is 19.3 Å². The summed E-state index contributed by atoms with van der Waals surface area (Å²) in [6, 6.07) is 23.2. The van der Waals surface area contributed by atoms with E-state index >= 15 is 0 Å². The first kappa shape index (κ1) is 23.2. The Kier molecular flexibility index (Phi) is 5.63. The van der Waals surface area contributed by atoms with Crippen molar-refractivity contribution in [2.75, 3.05) is 17.3 Å². The standard InChI is InChI=1S/C30H26N2O5/c1-37-30(36)19-7-11-21(12-8-19)31-27(33)18-9-13-22(14-10-18)32-28(34)25-20-15-23(17-5-3-2-4-6-17)24(16-20)26(25)29(32)35/h2-14,20,23-26H,15-16H2,1H3,(H,31,33)/t20-,23+,24-,25+,26+/m1/s1. The number of nitrogens with one attached hydrogen (secondary N) is 1. The number of methoxy groups -OCH3 is 1. The van der Waals surface area contributed by atoms with E-state index in [-0.39, 0.29) is 41.4 Å². The Morgan fingerprint density at radius 1 is 0.811 bits per heavy atom. The molecule has 37 heavy (non-hydrogen) atoms. The average Bonchev–Trinajstić information content (AvgIpc) is 3.60. The number of hydrogen-bond acceptors (Lipinski definition) is 5. The quantitative estimate of drug-likeness (QED) is 0.412. The topological polar surface area (TPSA) is 92.8 Å². The molecule has 2 aliphatic carbocycles. The van der Waals surface area contributed by atoms with Crippen molar-refractivity contribution in [1.29, 1.82) is 0 Å². The number of rotatable bonds is 5. The number of carbonyl (C=O) groups is 4. The summed E-state index contributed by atoms with van der Waals surface area (Å²) in [5.41, 5.74) is 3.06. The zero-order valence-corrected chi connectivity index (χ0v) is 20.3. The summed E-state index contributed by atoms with van der Waals surface area (Å²) < 4.78 is 4.68. The molecule has 186 valence electrons. The van der Waals surface area contributed by atoms with Crippen molar-refractivity contribution >= 4 is 35.1 Å². The molecule has 1 aliphatic heterocycles. The monoisotopic (exact) mass is 494 g/mol. The number of ether oxygens (including phenoxy) is 1. The maximum absolute atomic E-state index is 13.5. The second-order valence-electron chi connectivity index (χ2n) is 10.0. The molecule has 3 aromatic carbocycles. The summed E-state index contributed by atoms with van der Waals surface area (Å²) in [6.45, 7) is 0. The molecule has 2 saturated carbocycles. The Morgan fingerprint density at radius 3 is 2.14 bits per heavy atom. The lowest BCUT2D eigenvalue weighted by Gasteiger charge is -2.28. The molecule has 1 N–H and O–H groups in total. The molecule has 0 spiro atoms. The minimum Gasteiger partial charge on any atom is -0.465 e. The SMILES string of the molecule is COC(=O)c1ccc(NC(=O)c2ccc(N3C(=O)[C@H]4[C@H]5C[C@@H]([C@@H]4C3=O)[C@H](c3ccccc3)C5)cc2)cc1. The zero-order chi connectivity index (χ0) is 25.7. The third-order valence-electron chi connectivity index (χ3n) is 8.19. The number of nitrogens with zero attached hydrogens (tertiary/aromatic N) is 1. The maximum Gasteiger partial charge on any atom is 0.337 e. The largest absolute Gasteiger partial charge is 0.465 e. The van der Waals surface area contributed by atoms with Crippen LogP contribution >= 0.6 is 0 Å². The van der Waals surface area contributed by atoms with E-state index in [1.54, 1.807) is 48.5 Å². The molecule has 2 bridgehead atoms. The van der Waals surface area contributed by atoms with Crippen LogP contribution in [0.2, 0.25) is 0 Å². The van der Waals surface area contributed by atoms with Gasteiger partial charge < -0.3 is 10.1 Å². The van der Waals surface area contributed by atoms with Gasteiger partial charge in [0.05, 0.1) is 30.2 Å². The summed E-state index contributed by atoms with van der Waals surface area (Å²) in [4.78, 5) is 52.5. The molecule has 6 rings (SSSR count). The highest BCUT2D eigenvalue weighted by atomic mass is 16.5. The highest BCUT2D eigenvalue weighted by Crippen LogP contribution is 2.61. The number of benzene rings is 3. The van der Waals surface area contributed by atoms with Crippen LogP contribution in [0.25, 0.3) is 0 Å². The van der Waals surface area contributed by atoms with Crippen LogP contribution in [0.1, 0.15) is 45.0 Å². The van der Waals surface area contributed by atoms with Crippen molar-refractivity contribution in [2.45, 2.75) is 18.8 Å². The molecule has 3 aliphatic rings. The first-order chi connectivity index (χ1) is 18.0. The van der Waals surface area contributed by atoms with E-state index < -0.39 is 5.97 Å². The van der Waals surface area contributed by atoms with Gasteiger partial charge >= 0.3 is 5.97 Å². The Hall–Kier alpha value is -4.26. The molecule has 1 heterocycles. The first-order valence-corrected chi connectivity index (χ1v) is 12.5. The lowest BCUT2D eigenvalue weighted by molar-refractivity contribution is -0.123. The number of esters is 1. The van der Waals surface area contributed by atoms with Crippen LogP contribution in [0, 0.1) is 23.7 Å². The van der Waals surface area contributed by atoms with E-state index in [9.17, 15) is 19.2 Å². The molecule has 7 nitrogen and oxygen atoms in total. The Balaban J connectivity index is 1.16. The molecular formula is C30H26N2O5. The van der Waals surface area contributed by atoms with Crippen molar-refractivity contribution in [3.8, 4) is 0 Å². The van der Waals surface area contributed by atoms with Crippen LogP contribution in [0.4, 0.5) is 11.4 Å². The van der Waals surface area contributed by atoms with E-state index in [1.165, 1.54) is 17.6 Å². The van der Waals surface area contributed by atoms with E-state index in [0.717, 1.165) is 12.8 Å². The summed E-state index contributed by atoms with van der Waals surface area (Å²) in [5, 5.41) is 2.78. The highest BCUT2D eigenvalue weighted by molar-refractivity contribution is 6.22. The molecular weight excluding hydrogens is 468 g/mol. The van der Waals surface area contributed by atoms with Crippen LogP contribution < -0.4 is 10.2 Å². The number of amides is 3. The van der Waals surface area contributed by atoms with Crippen LogP contribution in [-0.4, -0.2) is 30.8 Å². The summed E-state index contributed by atoms with van der Waals surface area (Å²) in [5.74, 6) is -0.795. The van der Waals surface area contributed by atoms with Gasteiger partial charge in [0.25, 0.3) is 5.91 Å². The second-order valence-corrected chi connectivity index (χ2v) is 10.0. The van der Waals surface area contributed by atoms with E-state index in [4.69, 9.17) is 0 Å². The third-order valence-corrected chi connectivity index (χ3v) is 8.19. The second kappa shape index (κ2) is 9.00. The molecule has 3 fully saturated rings. The Labute approximate surface area is 214 Å². The fraction of sp³-hybridized carbons (Fsp3) is 0.267. The number of fused-ring (bicyclic) bond motifs is 5. The average molecular weight is 495 g/mol. The van der Waals surface area contributed by atoms with Gasteiger partial charge in [-0.05, 0) is 84.7 Å². The fourth-order valence-corrected chi connectivity index (χ4v) is 6.57. The van der Waals surface area contributed by atoms with Crippen molar-refractivity contribution in [3.63, 3.8) is 0 Å². The first-order valence-electron chi connectivity index (χ1n) is 12.5. The lowest BCUT2D eigenvalue weighted by atomic mass is 9.73. The number of carbonyl (C=O) groups excluding carboxylic acids is 4. The molecule has 0 unspecified atom stereocenters. The smallest absolute Gasteiger partial charge is 0.337 e. The summed E-state index contributed by atoms with van der Waals surface area (Å²) >= 11 is 0. The predicted octanol–water partition coefficient (Wildman–Crippen LogP) is 4.65. The van der Waals surface area contributed by atoms with Crippen LogP contribution in [0.5, 0.6) is 0 Å². The van der Waals surface area contributed by atoms with Gasteiger partial charge in [-0.15, -0.1) is 0 Å². The zero-order valence-electron chi connectivity index (χ0n) is 20.3. The lowest BCUT2D eigenvalue weighted by Crippen LogP contribution is -2.33. The van der Waals surface area contributed by atoms with Gasteiger partial charge in [-0.1, -0.05) is 30.3 Å². The van der Waals surface area contributed by atoms with E-state index in [0.29, 0.717) is 28.4 Å². The highest BCUT2D eigenvalue weighted by Gasteiger charge is 2.64. The number of imide groups is 1. The van der Waals surface area contributed by atoms with Crippen LogP contribution in [0.15, 0.2) is 78.9 Å². The van der Waals surface area contributed by atoms with Gasteiger partial charge in [0.1, 0.15) is 0 Å². The van der Waals surface area contributed by atoms with Crippen molar-refractivity contribution in [1.82, 2.24) is 0 Å². The van der Waals surface area contributed by atoms with Gasteiger partial charge in [0.15, 0.2) is 0 Å². The fourth-order valence-electron chi connectivity index (χ4n) is 6.57. The number of hydrogen-bond donors (Lipinski definition) is 1. The van der Waals surface area contributed by atoms with E-state index in [2.05, 4.69) is 22.2 Å². The normalized spacial score (nSPS) is 25.8. The Bertz CT molecular complexity index is 1380. The minimum absolute atomic E-state index is 0.114. The van der Waals surface area contributed by atoms with Gasteiger partial charge in [0, 0.05) is 11.3 Å².